The Kier molecular flexibility index (Phi) is 5.01. The van der Waals surface area contributed by atoms with Crippen molar-refractivity contribution in [3.8, 4) is 5.75 Å². The van der Waals surface area contributed by atoms with E-state index >= 15 is 0 Å². The molecule has 1 fully saturated rings. The monoisotopic (exact) mass is 298 g/mol. The van der Waals surface area contributed by atoms with Crippen LogP contribution in [0.25, 0.3) is 0 Å². The van der Waals surface area contributed by atoms with Crippen molar-refractivity contribution in [2.75, 3.05) is 20.2 Å². The van der Waals surface area contributed by atoms with E-state index in [2.05, 4.69) is 17.0 Å². The van der Waals surface area contributed by atoms with E-state index in [0.717, 1.165) is 19.4 Å². The second-order valence-electron chi connectivity index (χ2n) is 5.32. The van der Waals surface area contributed by atoms with E-state index < -0.39 is 10.0 Å². The first-order valence-corrected chi connectivity index (χ1v) is 8.39. The molecule has 1 aliphatic carbocycles. The number of sulfonamides is 1. The van der Waals surface area contributed by atoms with E-state index in [1.54, 1.807) is 24.3 Å². The van der Waals surface area contributed by atoms with Gasteiger partial charge in [-0.2, -0.15) is 0 Å². The lowest BCUT2D eigenvalue weighted by Crippen LogP contribution is -2.43. The smallest absolute Gasteiger partial charge is 0.240 e. The average molecular weight is 298 g/mol. The summed E-state index contributed by atoms with van der Waals surface area (Å²) in [5.74, 6) is 1.29. The summed E-state index contributed by atoms with van der Waals surface area (Å²) in [5.41, 5.74) is 0. The lowest BCUT2D eigenvalue weighted by atomic mass is 9.83. The second-order valence-corrected chi connectivity index (χ2v) is 7.03. The minimum Gasteiger partial charge on any atom is -0.492 e. The van der Waals surface area contributed by atoms with Gasteiger partial charge in [-0.15, -0.1) is 0 Å². The van der Waals surface area contributed by atoms with Gasteiger partial charge in [-0.25, -0.2) is 13.1 Å². The molecule has 0 heterocycles. The SMILES string of the molecule is CNCCOc1ccc(S(=O)(=O)NC2CC(C)C2)cc1. The van der Waals surface area contributed by atoms with Gasteiger partial charge in [0.15, 0.2) is 0 Å². The third-order valence-corrected chi connectivity index (χ3v) is 4.99. The molecule has 1 aromatic rings. The maximum absolute atomic E-state index is 12.2. The van der Waals surface area contributed by atoms with Crippen LogP contribution in [-0.4, -0.2) is 34.7 Å². The van der Waals surface area contributed by atoms with Crippen LogP contribution >= 0.6 is 0 Å². The number of nitrogens with one attached hydrogen (secondary N) is 2. The van der Waals surface area contributed by atoms with E-state index in [0.29, 0.717) is 18.3 Å². The van der Waals surface area contributed by atoms with Gasteiger partial charge in [-0.05, 0) is 50.1 Å². The lowest BCUT2D eigenvalue weighted by molar-refractivity contribution is 0.270. The molecule has 1 saturated carbocycles. The topological polar surface area (TPSA) is 67.4 Å². The Morgan fingerprint density at radius 3 is 2.45 bits per heavy atom. The number of rotatable bonds is 7. The Balaban J connectivity index is 1.94. The highest BCUT2D eigenvalue weighted by atomic mass is 32.2. The first-order valence-electron chi connectivity index (χ1n) is 6.91. The molecule has 0 spiro atoms. The quantitative estimate of drug-likeness (QED) is 0.746. The van der Waals surface area contributed by atoms with Crippen LogP contribution < -0.4 is 14.8 Å². The molecule has 0 radical (unpaired) electrons. The molecule has 0 aliphatic heterocycles. The van der Waals surface area contributed by atoms with Crippen molar-refractivity contribution in [3.63, 3.8) is 0 Å². The summed E-state index contributed by atoms with van der Waals surface area (Å²) in [6.07, 6.45) is 1.84. The minimum atomic E-state index is -3.40. The highest BCUT2D eigenvalue weighted by Crippen LogP contribution is 2.28. The van der Waals surface area contributed by atoms with Crippen LogP contribution in [0.15, 0.2) is 29.2 Å². The molecule has 0 saturated heterocycles. The molecular formula is C14H22N2O3S. The zero-order valence-electron chi connectivity index (χ0n) is 11.9. The van der Waals surface area contributed by atoms with Gasteiger partial charge in [0.25, 0.3) is 0 Å². The molecule has 0 aromatic heterocycles. The van der Waals surface area contributed by atoms with E-state index in [1.165, 1.54) is 0 Å². The minimum absolute atomic E-state index is 0.0848. The van der Waals surface area contributed by atoms with Gasteiger partial charge >= 0.3 is 0 Å². The summed E-state index contributed by atoms with van der Waals surface area (Å²) in [4.78, 5) is 0.290. The third-order valence-electron chi connectivity index (χ3n) is 3.45. The van der Waals surface area contributed by atoms with E-state index in [9.17, 15) is 8.42 Å². The molecule has 2 N–H and O–H groups in total. The van der Waals surface area contributed by atoms with E-state index in [1.807, 2.05) is 7.05 Å². The zero-order valence-corrected chi connectivity index (χ0v) is 12.7. The van der Waals surface area contributed by atoms with Gasteiger partial charge in [0.2, 0.25) is 10.0 Å². The van der Waals surface area contributed by atoms with E-state index in [-0.39, 0.29) is 10.9 Å². The Morgan fingerprint density at radius 1 is 1.25 bits per heavy atom. The van der Waals surface area contributed by atoms with Crippen LogP contribution in [0.5, 0.6) is 5.75 Å². The predicted molar refractivity (Wildman–Crippen MR) is 78.4 cm³/mol. The Labute approximate surface area is 120 Å². The molecule has 2 rings (SSSR count). The highest BCUT2D eigenvalue weighted by Gasteiger charge is 2.29. The van der Waals surface area contributed by atoms with Crippen molar-refractivity contribution in [1.29, 1.82) is 0 Å². The van der Waals surface area contributed by atoms with Crippen LogP contribution in [0.3, 0.4) is 0 Å². The van der Waals surface area contributed by atoms with Crippen molar-refractivity contribution in [2.24, 2.45) is 5.92 Å². The van der Waals surface area contributed by atoms with Crippen molar-refractivity contribution < 1.29 is 13.2 Å². The van der Waals surface area contributed by atoms with Crippen LogP contribution in [0.1, 0.15) is 19.8 Å². The zero-order chi connectivity index (χ0) is 14.6. The fraction of sp³-hybridized carbons (Fsp3) is 0.571. The standard InChI is InChI=1S/C14H22N2O3S/c1-11-9-12(10-11)16-20(17,18)14-5-3-13(4-6-14)19-8-7-15-2/h3-6,11-12,15-16H,7-10H2,1-2H3. The maximum atomic E-state index is 12.2. The molecule has 1 aromatic carbocycles. The number of benzene rings is 1. The number of hydrogen-bond acceptors (Lipinski definition) is 4. The average Bonchev–Trinajstić information content (AvgIpc) is 2.38. The number of ether oxygens (including phenoxy) is 1. The van der Waals surface area contributed by atoms with Gasteiger partial charge in [0.05, 0.1) is 4.90 Å². The molecule has 0 unspecified atom stereocenters. The second kappa shape index (κ2) is 6.56. The van der Waals surface area contributed by atoms with Crippen LogP contribution in [-0.2, 0) is 10.0 Å². The Morgan fingerprint density at radius 2 is 1.90 bits per heavy atom. The highest BCUT2D eigenvalue weighted by molar-refractivity contribution is 7.89. The van der Waals surface area contributed by atoms with E-state index in [4.69, 9.17) is 4.74 Å². The van der Waals surface area contributed by atoms with Crippen LogP contribution in [0.2, 0.25) is 0 Å². The molecule has 0 bridgehead atoms. The summed E-state index contributed by atoms with van der Waals surface area (Å²) in [6, 6.07) is 6.63. The van der Waals surface area contributed by atoms with Gasteiger partial charge < -0.3 is 10.1 Å². The van der Waals surface area contributed by atoms with Gasteiger partial charge in [-0.1, -0.05) is 6.92 Å². The van der Waals surface area contributed by atoms with Gasteiger partial charge in [-0.3, -0.25) is 0 Å². The summed E-state index contributed by atoms with van der Waals surface area (Å²) >= 11 is 0. The van der Waals surface area contributed by atoms with Crippen molar-refractivity contribution >= 4 is 10.0 Å². The van der Waals surface area contributed by atoms with Gasteiger partial charge in [0.1, 0.15) is 12.4 Å². The van der Waals surface area contributed by atoms with Crippen LogP contribution in [0, 0.1) is 5.92 Å². The third kappa shape index (κ3) is 3.94. The normalized spacial score (nSPS) is 22.3. The summed E-state index contributed by atoms with van der Waals surface area (Å²) in [5, 5.41) is 2.98. The van der Waals surface area contributed by atoms with Crippen LogP contribution in [0.4, 0.5) is 0 Å². The summed E-state index contributed by atoms with van der Waals surface area (Å²) in [7, 11) is -1.55. The van der Waals surface area contributed by atoms with Crippen molar-refractivity contribution in [2.45, 2.75) is 30.7 Å². The van der Waals surface area contributed by atoms with Gasteiger partial charge in [0, 0.05) is 12.6 Å². The first-order chi connectivity index (χ1) is 9.51. The molecule has 0 amide bonds. The fourth-order valence-electron chi connectivity index (χ4n) is 2.27. The van der Waals surface area contributed by atoms with Crippen molar-refractivity contribution in [1.82, 2.24) is 10.0 Å². The molecular weight excluding hydrogens is 276 g/mol. The largest absolute Gasteiger partial charge is 0.492 e. The number of hydrogen-bond donors (Lipinski definition) is 2. The Bertz CT molecular complexity index is 522. The summed E-state index contributed by atoms with van der Waals surface area (Å²) < 4.78 is 32.5. The summed E-state index contributed by atoms with van der Waals surface area (Å²) in [6.45, 7) is 3.43. The maximum Gasteiger partial charge on any atom is 0.240 e. The Hall–Kier alpha value is -1.11. The molecule has 1 aliphatic rings. The van der Waals surface area contributed by atoms with Crippen molar-refractivity contribution in [3.05, 3.63) is 24.3 Å². The predicted octanol–water partition coefficient (Wildman–Crippen LogP) is 1.36. The first kappa shape index (κ1) is 15.3. The molecule has 0 atom stereocenters. The lowest BCUT2D eigenvalue weighted by Gasteiger charge is -2.32. The molecule has 6 heteroatoms. The molecule has 20 heavy (non-hydrogen) atoms. The number of likely N-dealkylation sites (N-methyl/N-ethyl adjacent to an activating group) is 1. The molecule has 5 nitrogen and oxygen atoms in total. The fourth-order valence-corrected chi connectivity index (χ4v) is 3.53. The molecule has 112 valence electrons.